The van der Waals surface area contributed by atoms with Crippen molar-refractivity contribution in [3.8, 4) is 0 Å². The van der Waals surface area contributed by atoms with Crippen molar-refractivity contribution in [3.63, 3.8) is 0 Å². The zero-order chi connectivity index (χ0) is 17.6. The molecule has 2 saturated heterocycles. The van der Waals surface area contributed by atoms with Gasteiger partial charge in [0.1, 0.15) is 11.5 Å². The Hall–Kier alpha value is -2.18. The molecule has 0 atom stereocenters. The van der Waals surface area contributed by atoms with E-state index in [9.17, 15) is 0 Å². The maximum atomic E-state index is 5.43. The third-order valence-electron chi connectivity index (χ3n) is 5.12. The van der Waals surface area contributed by atoms with Crippen LogP contribution in [-0.4, -0.2) is 47.4 Å². The first-order chi connectivity index (χ1) is 12.8. The molecule has 0 amide bonds. The number of piperidine rings is 2. The lowest BCUT2D eigenvalue weighted by molar-refractivity contribution is 0.243. The summed E-state index contributed by atoms with van der Waals surface area (Å²) in [4.78, 5) is 4.83. The van der Waals surface area contributed by atoms with E-state index in [0.717, 1.165) is 76.5 Å². The Balaban J connectivity index is 1.21. The topological polar surface area (TPSA) is 57.5 Å². The van der Waals surface area contributed by atoms with Gasteiger partial charge in [-0.05, 0) is 24.3 Å². The highest BCUT2D eigenvalue weighted by molar-refractivity contribution is 5.89. The lowest BCUT2D eigenvalue weighted by Gasteiger charge is -2.27. The minimum Gasteiger partial charge on any atom is -0.468 e. The normalized spacial score (nSPS) is 19.7. The maximum Gasteiger partial charge on any atom is 0.117 e. The van der Waals surface area contributed by atoms with Crippen molar-refractivity contribution in [2.24, 2.45) is 10.2 Å². The van der Waals surface area contributed by atoms with E-state index in [0.29, 0.717) is 0 Å². The van der Waals surface area contributed by atoms with Crippen molar-refractivity contribution in [1.82, 2.24) is 9.80 Å². The zero-order valence-electron chi connectivity index (χ0n) is 15.1. The van der Waals surface area contributed by atoms with E-state index < -0.39 is 0 Å². The first kappa shape index (κ1) is 17.2. The lowest BCUT2D eigenvalue weighted by Crippen LogP contribution is -2.34. The first-order valence-electron chi connectivity index (χ1n) is 9.46. The van der Waals surface area contributed by atoms with Gasteiger partial charge >= 0.3 is 0 Å². The fourth-order valence-corrected chi connectivity index (χ4v) is 3.53. The van der Waals surface area contributed by atoms with Gasteiger partial charge in [0.05, 0.1) is 25.6 Å². The summed E-state index contributed by atoms with van der Waals surface area (Å²) < 4.78 is 10.9. The van der Waals surface area contributed by atoms with E-state index >= 15 is 0 Å². The number of likely N-dealkylation sites (tertiary alicyclic amines) is 2. The van der Waals surface area contributed by atoms with Gasteiger partial charge in [-0.3, -0.25) is 9.80 Å². The maximum absolute atomic E-state index is 5.43. The van der Waals surface area contributed by atoms with Crippen LogP contribution in [0.5, 0.6) is 0 Å². The standard InChI is InChI=1S/C20H26N4O2/c1-3-19(25-13-1)15-23-9-5-17(6-10-23)21-22-18-7-11-24(12-8-18)16-20-4-2-14-26-20/h1-4,13-14H,5-12,15-16H2. The molecular formula is C20H26N4O2. The molecule has 0 bridgehead atoms. The molecule has 0 saturated carbocycles. The molecule has 2 fully saturated rings. The van der Waals surface area contributed by atoms with Crippen LogP contribution in [0, 0.1) is 0 Å². The Morgan fingerprint density at radius 1 is 0.692 bits per heavy atom. The van der Waals surface area contributed by atoms with Gasteiger partial charge in [-0.15, -0.1) is 0 Å². The van der Waals surface area contributed by atoms with Gasteiger partial charge < -0.3 is 8.83 Å². The molecule has 138 valence electrons. The average molecular weight is 354 g/mol. The van der Waals surface area contributed by atoms with E-state index in [1.54, 1.807) is 12.5 Å². The summed E-state index contributed by atoms with van der Waals surface area (Å²) in [6, 6.07) is 7.96. The number of furan rings is 2. The van der Waals surface area contributed by atoms with Gasteiger partial charge in [0, 0.05) is 63.3 Å². The van der Waals surface area contributed by atoms with Gasteiger partial charge in [0.2, 0.25) is 0 Å². The van der Waals surface area contributed by atoms with Gasteiger partial charge in [-0.25, -0.2) is 0 Å². The Bertz CT molecular complexity index is 650. The number of hydrogen-bond acceptors (Lipinski definition) is 6. The highest BCUT2D eigenvalue weighted by Crippen LogP contribution is 2.15. The van der Waals surface area contributed by atoms with Gasteiger partial charge in [-0.1, -0.05) is 0 Å². The van der Waals surface area contributed by atoms with Crippen LogP contribution in [0.25, 0.3) is 0 Å². The Morgan fingerprint density at radius 2 is 1.12 bits per heavy atom. The molecule has 6 heteroatoms. The fourth-order valence-electron chi connectivity index (χ4n) is 3.53. The van der Waals surface area contributed by atoms with E-state index in [2.05, 4.69) is 20.0 Å². The lowest BCUT2D eigenvalue weighted by atomic mass is 10.1. The first-order valence-corrected chi connectivity index (χ1v) is 9.46. The second-order valence-electron chi connectivity index (χ2n) is 7.04. The molecule has 0 aliphatic carbocycles. The van der Waals surface area contributed by atoms with Crippen LogP contribution in [0.3, 0.4) is 0 Å². The summed E-state index contributed by atoms with van der Waals surface area (Å²) in [5, 5.41) is 9.11. The molecule has 2 aromatic heterocycles. The molecule has 0 spiro atoms. The Kier molecular flexibility index (Phi) is 5.62. The molecule has 0 N–H and O–H groups in total. The van der Waals surface area contributed by atoms with Crippen molar-refractivity contribution in [1.29, 1.82) is 0 Å². The molecule has 0 radical (unpaired) electrons. The molecule has 0 unspecified atom stereocenters. The number of rotatable bonds is 5. The fraction of sp³-hybridized carbons (Fsp3) is 0.500. The highest BCUT2D eigenvalue weighted by Gasteiger charge is 2.18. The van der Waals surface area contributed by atoms with Crippen LogP contribution < -0.4 is 0 Å². The second kappa shape index (κ2) is 8.47. The van der Waals surface area contributed by atoms with Crippen molar-refractivity contribution in [2.75, 3.05) is 26.2 Å². The third kappa shape index (κ3) is 4.71. The van der Waals surface area contributed by atoms with E-state index in [1.807, 2.05) is 24.3 Å². The Morgan fingerprint density at radius 3 is 1.46 bits per heavy atom. The van der Waals surface area contributed by atoms with Crippen LogP contribution >= 0.6 is 0 Å². The minimum atomic E-state index is 0.889. The summed E-state index contributed by atoms with van der Waals surface area (Å²) >= 11 is 0. The largest absolute Gasteiger partial charge is 0.468 e. The molecule has 2 aliphatic rings. The average Bonchev–Trinajstić information content (AvgIpc) is 3.37. The smallest absolute Gasteiger partial charge is 0.117 e. The summed E-state index contributed by atoms with van der Waals surface area (Å²) in [6.45, 7) is 5.89. The summed E-state index contributed by atoms with van der Waals surface area (Å²) in [5.41, 5.74) is 2.46. The molecule has 4 heterocycles. The van der Waals surface area contributed by atoms with Crippen LogP contribution in [0.15, 0.2) is 55.8 Å². The highest BCUT2D eigenvalue weighted by atomic mass is 16.3. The van der Waals surface area contributed by atoms with Gasteiger partial charge in [0.15, 0.2) is 0 Å². The Labute approximate surface area is 154 Å². The number of nitrogens with zero attached hydrogens (tertiary/aromatic N) is 4. The summed E-state index contributed by atoms with van der Waals surface area (Å²) in [5.74, 6) is 2.07. The zero-order valence-corrected chi connectivity index (χ0v) is 15.1. The van der Waals surface area contributed by atoms with E-state index in [4.69, 9.17) is 8.83 Å². The van der Waals surface area contributed by atoms with Crippen molar-refractivity contribution in [3.05, 3.63) is 48.3 Å². The van der Waals surface area contributed by atoms with Crippen LogP contribution in [0.2, 0.25) is 0 Å². The van der Waals surface area contributed by atoms with E-state index in [-0.39, 0.29) is 0 Å². The third-order valence-corrected chi connectivity index (χ3v) is 5.12. The summed E-state index contributed by atoms with van der Waals surface area (Å²) in [6.07, 6.45) is 7.48. The van der Waals surface area contributed by atoms with Crippen molar-refractivity contribution < 1.29 is 8.83 Å². The molecular weight excluding hydrogens is 328 g/mol. The SMILES string of the molecule is c1coc(CN2CCC(=NN=C3CCN(Cc4ccco4)CC3)CC2)c1. The molecule has 26 heavy (non-hydrogen) atoms. The van der Waals surface area contributed by atoms with Gasteiger partial charge in [-0.2, -0.15) is 10.2 Å². The summed E-state index contributed by atoms with van der Waals surface area (Å²) in [7, 11) is 0. The number of hydrogen-bond donors (Lipinski definition) is 0. The molecule has 2 aliphatic heterocycles. The molecule has 0 aromatic carbocycles. The quantitative estimate of drug-likeness (QED) is 0.771. The van der Waals surface area contributed by atoms with Crippen molar-refractivity contribution in [2.45, 2.75) is 38.8 Å². The van der Waals surface area contributed by atoms with Crippen LogP contribution in [0.1, 0.15) is 37.2 Å². The van der Waals surface area contributed by atoms with Gasteiger partial charge in [0.25, 0.3) is 0 Å². The predicted octanol–water partition coefficient (Wildman–Crippen LogP) is 3.56. The predicted molar refractivity (Wildman–Crippen MR) is 101 cm³/mol. The minimum absolute atomic E-state index is 0.889. The molecule has 4 rings (SSSR count). The monoisotopic (exact) mass is 354 g/mol. The second-order valence-corrected chi connectivity index (χ2v) is 7.04. The molecule has 6 nitrogen and oxygen atoms in total. The van der Waals surface area contributed by atoms with Crippen LogP contribution in [-0.2, 0) is 13.1 Å². The van der Waals surface area contributed by atoms with Crippen molar-refractivity contribution >= 4 is 11.4 Å². The molecule has 2 aromatic rings. The van der Waals surface area contributed by atoms with E-state index in [1.165, 1.54) is 11.4 Å². The van der Waals surface area contributed by atoms with Crippen LogP contribution in [0.4, 0.5) is 0 Å².